The molecule has 1 N–H and O–H groups in total. The molecule has 2 aromatic carbocycles. The number of carbonyl (C=O) groups excluding carboxylic acids is 2. The summed E-state index contributed by atoms with van der Waals surface area (Å²) in [6, 6.07) is 11.3. The molecule has 1 aromatic heterocycles. The Morgan fingerprint density at radius 2 is 1.67 bits per heavy atom. The van der Waals surface area contributed by atoms with Crippen molar-refractivity contribution < 1.29 is 37.0 Å². The second-order valence-electron chi connectivity index (χ2n) is 8.68. The molecule has 192 valence electrons. The van der Waals surface area contributed by atoms with Gasteiger partial charge in [-0.05, 0) is 50.6 Å². The molecule has 1 unspecified atom stereocenters. The molecule has 36 heavy (non-hydrogen) atoms. The van der Waals surface area contributed by atoms with Crippen molar-refractivity contribution in [3.63, 3.8) is 0 Å². The normalized spacial score (nSPS) is 12.5. The van der Waals surface area contributed by atoms with E-state index < -0.39 is 30.1 Å². The zero-order chi connectivity index (χ0) is 26.5. The summed E-state index contributed by atoms with van der Waals surface area (Å²) in [4.78, 5) is 28.5. The Kier molecular flexibility index (Phi) is 7.86. The first-order valence-electron chi connectivity index (χ1n) is 10.8. The minimum atomic E-state index is -4.77. The van der Waals surface area contributed by atoms with Crippen LogP contribution in [-0.2, 0) is 20.7 Å². The number of hydrogen-bond donors (Lipinski definition) is 1. The van der Waals surface area contributed by atoms with E-state index in [4.69, 9.17) is 9.47 Å². The van der Waals surface area contributed by atoms with Crippen molar-refractivity contribution in [1.29, 1.82) is 0 Å². The van der Waals surface area contributed by atoms with Crippen LogP contribution in [0, 0.1) is 0 Å². The van der Waals surface area contributed by atoms with E-state index in [1.165, 1.54) is 42.4 Å². The van der Waals surface area contributed by atoms with Gasteiger partial charge in [-0.15, -0.1) is 18.3 Å². The fourth-order valence-corrected chi connectivity index (χ4v) is 3.13. The van der Waals surface area contributed by atoms with Gasteiger partial charge in [0.2, 0.25) is 0 Å². The van der Waals surface area contributed by atoms with Crippen molar-refractivity contribution in [3.05, 3.63) is 60.4 Å². The number of aromatic nitrogens is 3. The summed E-state index contributed by atoms with van der Waals surface area (Å²) < 4.78 is 52.3. The van der Waals surface area contributed by atoms with Crippen molar-refractivity contribution in [2.45, 2.75) is 45.2 Å². The minimum Gasteiger partial charge on any atom is -0.467 e. The van der Waals surface area contributed by atoms with Crippen LogP contribution in [-0.4, -0.2) is 51.9 Å². The van der Waals surface area contributed by atoms with Crippen molar-refractivity contribution >= 4 is 12.1 Å². The number of hydrogen-bond acceptors (Lipinski definition) is 7. The van der Waals surface area contributed by atoms with Gasteiger partial charge in [0.1, 0.15) is 23.7 Å². The zero-order valence-electron chi connectivity index (χ0n) is 20.0. The SMILES string of the molecule is COC(=O)C(Cc1ccc(-c2ncn(-c3ccc(OC(F)(F)F)cc3)n2)cc1)NC(=O)OC(C)(C)C. The van der Waals surface area contributed by atoms with Gasteiger partial charge in [-0.25, -0.2) is 19.3 Å². The molecule has 3 rings (SSSR count). The summed E-state index contributed by atoms with van der Waals surface area (Å²) in [5.41, 5.74) is 1.19. The lowest BCUT2D eigenvalue weighted by Crippen LogP contribution is -2.45. The van der Waals surface area contributed by atoms with E-state index in [1.54, 1.807) is 45.0 Å². The first kappa shape index (κ1) is 26.5. The van der Waals surface area contributed by atoms with E-state index in [-0.39, 0.29) is 12.2 Å². The highest BCUT2D eigenvalue weighted by Gasteiger charge is 2.31. The predicted octanol–water partition coefficient (Wildman–Crippen LogP) is 4.44. The number of alkyl carbamates (subject to hydrolysis) is 1. The van der Waals surface area contributed by atoms with Gasteiger partial charge < -0.3 is 19.5 Å². The Balaban J connectivity index is 1.68. The topological polar surface area (TPSA) is 105 Å². The standard InChI is InChI=1S/C24H25F3N4O5/c1-23(2,3)36-22(33)29-19(21(32)34-4)13-15-5-7-16(8-6-15)20-28-14-31(30-20)17-9-11-18(12-10-17)35-24(25,26)27/h5-12,14,19H,13H2,1-4H3,(H,29,33). The molecule has 1 atom stereocenters. The molecule has 3 aromatic rings. The Morgan fingerprint density at radius 3 is 2.22 bits per heavy atom. The third-order valence-corrected chi connectivity index (χ3v) is 4.66. The van der Waals surface area contributed by atoms with Gasteiger partial charge in [0.25, 0.3) is 0 Å². The van der Waals surface area contributed by atoms with Crippen LogP contribution in [0.1, 0.15) is 26.3 Å². The lowest BCUT2D eigenvalue weighted by atomic mass is 10.0. The molecule has 9 nitrogen and oxygen atoms in total. The number of rotatable bonds is 7. The van der Waals surface area contributed by atoms with Crippen molar-refractivity contribution in [2.75, 3.05) is 7.11 Å². The molecule has 0 saturated heterocycles. The van der Waals surface area contributed by atoms with Gasteiger partial charge in [0.05, 0.1) is 12.8 Å². The number of nitrogens with zero attached hydrogens (tertiary/aromatic N) is 3. The molecule has 0 aliphatic heterocycles. The molecule has 0 bridgehead atoms. The summed E-state index contributed by atoms with van der Waals surface area (Å²) in [5.74, 6) is -0.570. The Hall–Kier alpha value is -4.09. The van der Waals surface area contributed by atoms with Crippen molar-refractivity contribution in [2.24, 2.45) is 0 Å². The van der Waals surface area contributed by atoms with E-state index in [0.717, 1.165) is 5.56 Å². The lowest BCUT2D eigenvalue weighted by molar-refractivity contribution is -0.274. The third-order valence-electron chi connectivity index (χ3n) is 4.66. The quantitative estimate of drug-likeness (QED) is 0.473. The maximum Gasteiger partial charge on any atom is 0.573 e. The molecule has 12 heteroatoms. The summed E-state index contributed by atoms with van der Waals surface area (Å²) >= 11 is 0. The monoisotopic (exact) mass is 506 g/mol. The molecule has 1 heterocycles. The van der Waals surface area contributed by atoms with Crippen LogP contribution >= 0.6 is 0 Å². The van der Waals surface area contributed by atoms with Crippen LogP contribution in [0.25, 0.3) is 17.1 Å². The number of amides is 1. The van der Waals surface area contributed by atoms with Crippen LogP contribution in [0.15, 0.2) is 54.9 Å². The fraction of sp³-hybridized carbons (Fsp3) is 0.333. The number of halogens is 3. The van der Waals surface area contributed by atoms with Crippen LogP contribution in [0.3, 0.4) is 0 Å². The summed E-state index contributed by atoms with van der Waals surface area (Å²) in [5, 5.41) is 6.88. The van der Waals surface area contributed by atoms with E-state index in [0.29, 0.717) is 17.1 Å². The average Bonchev–Trinajstić information content (AvgIpc) is 3.27. The highest BCUT2D eigenvalue weighted by molar-refractivity contribution is 5.81. The second kappa shape index (κ2) is 10.7. The molecule has 0 radical (unpaired) electrons. The zero-order valence-corrected chi connectivity index (χ0v) is 20.0. The van der Waals surface area contributed by atoms with Gasteiger partial charge in [-0.1, -0.05) is 24.3 Å². The maximum atomic E-state index is 12.3. The summed E-state index contributed by atoms with van der Waals surface area (Å²) in [6.07, 6.45) is -3.90. The molecule has 0 aliphatic rings. The van der Waals surface area contributed by atoms with E-state index >= 15 is 0 Å². The van der Waals surface area contributed by atoms with Crippen molar-refractivity contribution in [3.8, 4) is 22.8 Å². The van der Waals surface area contributed by atoms with Gasteiger partial charge in [0.15, 0.2) is 5.82 Å². The molecular weight excluding hydrogens is 481 g/mol. The summed E-state index contributed by atoms with van der Waals surface area (Å²) in [6.45, 7) is 5.14. The van der Waals surface area contributed by atoms with Gasteiger partial charge in [-0.3, -0.25) is 0 Å². The van der Waals surface area contributed by atoms with Crippen LogP contribution in [0.4, 0.5) is 18.0 Å². The molecular formula is C24H25F3N4O5. The number of esters is 1. The first-order chi connectivity index (χ1) is 16.8. The van der Waals surface area contributed by atoms with Crippen LogP contribution in [0.2, 0.25) is 0 Å². The number of ether oxygens (including phenoxy) is 3. The second-order valence-corrected chi connectivity index (χ2v) is 8.68. The fourth-order valence-electron chi connectivity index (χ4n) is 3.13. The van der Waals surface area contributed by atoms with E-state index in [1.807, 2.05) is 0 Å². The third kappa shape index (κ3) is 7.72. The van der Waals surface area contributed by atoms with Gasteiger partial charge >= 0.3 is 18.4 Å². The minimum absolute atomic E-state index is 0.167. The van der Waals surface area contributed by atoms with Crippen LogP contribution < -0.4 is 10.1 Å². The number of alkyl halides is 3. The highest BCUT2D eigenvalue weighted by Crippen LogP contribution is 2.24. The average molecular weight is 506 g/mol. The molecule has 0 spiro atoms. The Morgan fingerprint density at radius 1 is 1.03 bits per heavy atom. The van der Waals surface area contributed by atoms with Gasteiger partial charge in [0, 0.05) is 12.0 Å². The number of benzene rings is 2. The van der Waals surface area contributed by atoms with E-state index in [9.17, 15) is 22.8 Å². The largest absolute Gasteiger partial charge is 0.573 e. The Labute approximate surface area is 205 Å². The predicted molar refractivity (Wildman–Crippen MR) is 122 cm³/mol. The molecule has 0 fully saturated rings. The molecule has 0 saturated carbocycles. The maximum absolute atomic E-state index is 12.3. The molecule has 0 aliphatic carbocycles. The lowest BCUT2D eigenvalue weighted by Gasteiger charge is -2.22. The summed E-state index contributed by atoms with van der Waals surface area (Å²) in [7, 11) is 1.23. The highest BCUT2D eigenvalue weighted by atomic mass is 19.4. The van der Waals surface area contributed by atoms with E-state index in [2.05, 4.69) is 20.1 Å². The van der Waals surface area contributed by atoms with Crippen LogP contribution in [0.5, 0.6) is 5.75 Å². The van der Waals surface area contributed by atoms with Gasteiger partial charge in [-0.2, -0.15) is 0 Å². The smallest absolute Gasteiger partial charge is 0.467 e. The van der Waals surface area contributed by atoms with Crippen molar-refractivity contribution in [1.82, 2.24) is 20.1 Å². The number of nitrogens with one attached hydrogen (secondary N) is 1. The Bertz CT molecular complexity index is 1190. The number of methoxy groups -OCH3 is 1. The first-order valence-corrected chi connectivity index (χ1v) is 10.8. The molecule has 1 amide bonds. The number of carbonyl (C=O) groups is 2.